The second-order valence-corrected chi connectivity index (χ2v) is 6.37. The monoisotopic (exact) mass is 250 g/mol. The molecule has 92 valence electrons. The van der Waals surface area contributed by atoms with E-state index in [1.165, 1.54) is 16.8 Å². The van der Waals surface area contributed by atoms with Gasteiger partial charge in [0.1, 0.15) is 0 Å². The summed E-state index contributed by atoms with van der Waals surface area (Å²) in [6.45, 7) is 3.93. The molecule has 1 N–H and O–H groups in total. The number of benzene rings is 1. The quantitative estimate of drug-likeness (QED) is 0.804. The van der Waals surface area contributed by atoms with Gasteiger partial charge >= 0.3 is 0 Å². The number of anilines is 1. The van der Waals surface area contributed by atoms with Crippen LogP contribution in [0.4, 0.5) is 5.69 Å². The summed E-state index contributed by atoms with van der Waals surface area (Å²) in [4.78, 5) is 2.40. The van der Waals surface area contributed by atoms with Crippen LogP contribution in [0.5, 0.6) is 0 Å². The molecule has 0 aromatic heterocycles. The maximum Gasteiger partial charge on any atom is 0.0415 e. The highest BCUT2D eigenvalue weighted by Gasteiger charge is 2.20. The number of nitrogens with one attached hydrogen (secondary N) is 1. The molecule has 0 bridgehead atoms. The zero-order chi connectivity index (χ0) is 11.7. The molecule has 0 aliphatic carbocycles. The van der Waals surface area contributed by atoms with Crippen LogP contribution in [0.15, 0.2) is 18.2 Å². The van der Waals surface area contributed by atoms with E-state index < -0.39 is 10.8 Å². The van der Waals surface area contributed by atoms with E-state index in [-0.39, 0.29) is 0 Å². The fraction of sp³-hybridized carbons (Fsp3) is 0.538. The molecular weight excluding hydrogens is 232 g/mol. The predicted octanol–water partition coefficient (Wildman–Crippen LogP) is 0.901. The second-order valence-electron chi connectivity index (χ2n) is 4.68. The number of hydrogen-bond donors (Lipinski definition) is 1. The Labute approximate surface area is 105 Å². The third-order valence-corrected chi connectivity index (χ3v) is 4.92. The van der Waals surface area contributed by atoms with Crippen molar-refractivity contribution in [3.63, 3.8) is 0 Å². The maximum absolute atomic E-state index is 11.4. The zero-order valence-electron chi connectivity index (χ0n) is 9.95. The van der Waals surface area contributed by atoms with Crippen LogP contribution >= 0.6 is 0 Å². The molecule has 1 fully saturated rings. The summed E-state index contributed by atoms with van der Waals surface area (Å²) in [5.74, 6) is 1.63. The first-order valence-electron chi connectivity index (χ1n) is 6.26. The molecule has 3 nitrogen and oxygen atoms in total. The van der Waals surface area contributed by atoms with E-state index in [0.717, 1.165) is 44.1 Å². The summed E-state index contributed by atoms with van der Waals surface area (Å²) >= 11 is 0. The van der Waals surface area contributed by atoms with Gasteiger partial charge in [-0.25, -0.2) is 0 Å². The normalized spacial score (nSPS) is 21.3. The lowest BCUT2D eigenvalue weighted by molar-refractivity contribution is 0.639. The lowest BCUT2D eigenvalue weighted by Gasteiger charge is -2.32. The molecule has 0 radical (unpaired) electrons. The molecule has 1 aromatic rings. The second kappa shape index (κ2) is 4.78. The van der Waals surface area contributed by atoms with Gasteiger partial charge in [-0.15, -0.1) is 0 Å². The largest absolute Gasteiger partial charge is 0.369 e. The summed E-state index contributed by atoms with van der Waals surface area (Å²) in [6, 6.07) is 6.60. The van der Waals surface area contributed by atoms with E-state index in [1.807, 2.05) is 0 Å². The SMILES string of the molecule is O=S1CCN(c2cccc3c2CNCC3)CC1. The van der Waals surface area contributed by atoms with Crippen molar-refractivity contribution in [2.75, 3.05) is 36.0 Å². The van der Waals surface area contributed by atoms with Gasteiger partial charge < -0.3 is 10.2 Å². The van der Waals surface area contributed by atoms with Gasteiger partial charge in [0.15, 0.2) is 0 Å². The Hall–Kier alpha value is -0.870. The van der Waals surface area contributed by atoms with E-state index in [0.29, 0.717) is 0 Å². The first kappa shape index (κ1) is 11.2. The Morgan fingerprint density at radius 2 is 2.06 bits per heavy atom. The van der Waals surface area contributed by atoms with Gasteiger partial charge in [0, 0.05) is 47.6 Å². The molecule has 0 saturated carbocycles. The minimum atomic E-state index is -0.594. The highest BCUT2D eigenvalue weighted by molar-refractivity contribution is 7.85. The molecule has 0 unspecified atom stereocenters. The van der Waals surface area contributed by atoms with Crippen LogP contribution in [0.2, 0.25) is 0 Å². The molecule has 4 heteroatoms. The van der Waals surface area contributed by atoms with Crippen LogP contribution in [-0.4, -0.2) is 35.3 Å². The van der Waals surface area contributed by atoms with Crippen molar-refractivity contribution in [3.8, 4) is 0 Å². The van der Waals surface area contributed by atoms with Gasteiger partial charge in [-0.3, -0.25) is 4.21 Å². The van der Waals surface area contributed by atoms with E-state index in [9.17, 15) is 4.21 Å². The van der Waals surface area contributed by atoms with Gasteiger partial charge in [-0.1, -0.05) is 12.1 Å². The third kappa shape index (κ3) is 2.24. The highest BCUT2D eigenvalue weighted by atomic mass is 32.2. The smallest absolute Gasteiger partial charge is 0.0415 e. The van der Waals surface area contributed by atoms with Crippen LogP contribution in [0, 0.1) is 0 Å². The summed E-state index contributed by atoms with van der Waals surface area (Å²) in [7, 11) is -0.594. The third-order valence-electron chi connectivity index (χ3n) is 3.64. The van der Waals surface area contributed by atoms with Crippen LogP contribution in [0.25, 0.3) is 0 Å². The molecule has 1 aromatic carbocycles. The molecule has 0 atom stereocenters. The van der Waals surface area contributed by atoms with Crippen molar-refractivity contribution in [3.05, 3.63) is 29.3 Å². The molecule has 0 spiro atoms. The van der Waals surface area contributed by atoms with Crippen molar-refractivity contribution in [1.29, 1.82) is 0 Å². The molecule has 3 rings (SSSR count). The summed E-state index contributed by atoms with van der Waals surface area (Å²) in [6.07, 6.45) is 1.13. The lowest BCUT2D eigenvalue weighted by Crippen LogP contribution is -2.39. The van der Waals surface area contributed by atoms with Gasteiger partial charge in [0.05, 0.1) is 0 Å². The van der Waals surface area contributed by atoms with E-state index >= 15 is 0 Å². The Kier molecular flexibility index (Phi) is 3.16. The highest BCUT2D eigenvalue weighted by Crippen LogP contribution is 2.27. The van der Waals surface area contributed by atoms with E-state index in [2.05, 4.69) is 28.4 Å². The Bertz CT molecular complexity index is 437. The van der Waals surface area contributed by atoms with E-state index in [4.69, 9.17) is 0 Å². The molecular formula is C13H18N2OS. The van der Waals surface area contributed by atoms with Gasteiger partial charge in [0.2, 0.25) is 0 Å². The topological polar surface area (TPSA) is 32.3 Å². The average molecular weight is 250 g/mol. The molecule has 1 saturated heterocycles. The van der Waals surface area contributed by atoms with Crippen molar-refractivity contribution in [1.82, 2.24) is 5.32 Å². The van der Waals surface area contributed by atoms with Gasteiger partial charge in [-0.2, -0.15) is 0 Å². The molecule has 0 amide bonds. The van der Waals surface area contributed by atoms with Crippen molar-refractivity contribution >= 4 is 16.5 Å². The first-order chi connectivity index (χ1) is 8.34. The molecule has 17 heavy (non-hydrogen) atoms. The van der Waals surface area contributed by atoms with Crippen molar-refractivity contribution in [2.45, 2.75) is 13.0 Å². The lowest BCUT2D eigenvalue weighted by atomic mass is 9.98. The number of hydrogen-bond acceptors (Lipinski definition) is 3. The first-order valence-corrected chi connectivity index (χ1v) is 7.75. The van der Waals surface area contributed by atoms with Gasteiger partial charge in [0.25, 0.3) is 0 Å². The number of fused-ring (bicyclic) bond motifs is 1. The van der Waals surface area contributed by atoms with Crippen molar-refractivity contribution < 1.29 is 4.21 Å². The number of nitrogens with zero attached hydrogens (tertiary/aromatic N) is 1. The standard InChI is InChI=1S/C13H18N2OS/c16-17-8-6-15(7-9-17)13-3-1-2-11-4-5-14-10-12(11)13/h1-3,14H,4-10H2. The average Bonchev–Trinajstić information content (AvgIpc) is 2.39. The van der Waals surface area contributed by atoms with Crippen LogP contribution < -0.4 is 10.2 Å². The Morgan fingerprint density at radius 1 is 1.24 bits per heavy atom. The fourth-order valence-electron chi connectivity index (χ4n) is 2.67. The van der Waals surface area contributed by atoms with Crippen LogP contribution in [0.1, 0.15) is 11.1 Å². The summed E-state index contributed by atoms with van der Waals surface area (Å²) < 4.78 is 11.4. The van der Waals surface area contributed by atoms with Gasteiger partial charge in [-0.05, 0) is 30.2 Å². The van der Waals surface area contributed by atoms with Crippen LogP contribution in [0.3, 0.4) is 0 Å². The molecule has 2 aliphatic heterocycles. The van der Waals surface area contributed by atoms with Crippen molar-refractivity contribution in [2.24, 2.45) is 0 Å². The predicted molar refractivity (Wildman–Crippen MR) is 71.9 cm³/mol. The maximum atomic E-state index is 11.4. The minimum absolute atomic E-state index is 0.594. The van der Waals surface area contributed by atoms with E-state index in [1.54, 1.807) is 0 Å². The number of rotatable bonds is 1. The molecule has 2 heterocycles. The fourth-order valence-corrected chi connectivity index (χ4v) is 3.72. The van der Waals surface area contributed by atoms with Crippen LogP contribution in [-0.2, 0) is 23.8 Å². The summed E-state index contributed by atoms with van der Waals surface area (Å²) in [5.41, 5.74) is 4.28. The zero-order valence-corrected chi connectivity index (χ0v) is 10.8. The Balaban J connectivity index is 1.89. The molecule has 2 aliphatic rings. The minimum Gasteiger partial charge on any atom is -0.369 e. The Morgan fingerprint density at radius 3 is 2.88 bits per heavy atom. The summed E-state index contributed by atoms with van der Waals surface area (Å²) in [5, 5.41) is 3.44.